The first-order valence-corrected chi connectivity index (χ1v) is 6.38. The van der Waals surface area contributed by atoms with Crippen LogP contribution in [0, 0.1) is 0 Å². The third kappa shape index (κ3) is 2.57. The predicted molar refractivity (Wildman–Crippen MR) is 67.2 cm³/mol. The van der Waals surface area contributed by atoms with Gasteiger partial charge in [0.25, 0.3) is 0 Å². The fraction of sp³-hybridized carbons (Fsp3) is 0.692. The van der Waals surface area contributed by atoms with Crippen LogP contribution in [0.15, 0.2) is 12.3 Å². The van der Waals surface area contributed by atoms with Gasteiger partial charge < -0.3 is 0 Å². The summed E-state index contributed by atoms with van der Waals surface area (Å²) >= 11 is 0. The Hall–Kier alpha value is -1.16. The van der Waals surface area contributed by atoms with Crippen molar-refractivity contribution >= 4 is 5.78 Å². The van der Waals surface area contributed by atoms with Crippen LogP contribution < -0.4 is 0 Å². The molecule has 0 spiro atoms. The van der Waals surface area contributed by atoms with E-state index in [1.165, 1.54) is 6.42 Å². The molecule has 17 heavy (non-hydrogen) atoms. The van der Waals surface area contributed by atoms with Crippen molar-refractivity contribution < 1.29 is 4.79 Å². The van der Waals surface area contributed by atoms with Crippen LogP contribution in [0.5, 0.6) is 0 Å². The van der Waals surface area contributed by atoms with Gasteiger partial charge in [-0.25, -0.2) is 0 Å². The van der Waals surface area contributed by atoms with E-state index < -0.39 is 0 Å². The van der Waals surface area contributed by atoms with Crippen molar-refractivity contribution in [2.75, 3.05) is 13.1 Å². The largest absolute Gasteiger partial charge is 0.299 e. The van der Waals surface area contributed by atoms with Gasteiger partial charge in [-0.1, -0.05) is 0 Å². The van der Waals surface area contributed by atoms with E-state index in [0.717, 1.165) is 25.2 Å². The molecule has 0 amide bonds. The summed E-state index contributed by atoms with van der Waals surface area (Å²) in [6.07, 6.45) is 4.02. The number of carbonyl (C=O) groups excluding carboxylic acids is 1. The molecule has 0 aliphatic carbocycles. The van der Waals surface area contributed by atoms with Gasteiger partial charge in [0.05, 0.1) is 6.04 Å². The average molecular weight is 235 g/mol. The Morgan fingerprint density at radius 1 is 1.53 bits per heavy atom. The second-order valence-electron chi connectivity index (χ2n) is 5.10. The molecular weight excluding hydrogens is 214 g/mol. The summed E-state index contributed by atoms with van der Waals surface area (Å²) in [5, 5.41) is 4.32. The number of rotatable bonds is 3. The van der Waals surface area contributed by atoms with Crippen LogP contribution in [0.3, 0.4) is 0 Å². The Morgan fingerprint density at radius 2 is 2.29 bits per heavy atom. The van der Waals surface area contributed by atoms with Gasteiger partial charge >= 0.3 is 0 Å². The predicted octanol–water partition coefficient (Wildman–Crippen LogP) is 2.13. The molecule has 4 nitrogen and oxygen atoms in total. The number of ketones is 1. The fourth-order valence-electron chi connectivity index (χ4n) is 2.54. The van der Waals surface area contributed by atoms with E-state index in [2.05, 4.69) is 23.8 Å². The normalized spacial score (nSPS) is 22.0. The highest BCUT2D eigenvalue weighted by Gasteiger charge is 2.25. The summed E-state index contributed by atoms with van der Waals surface area (Å²) < 4.78 is 1.91. The van der Waals surface area contributed by atoms with Crippen molar-refractivity contribution in [3.8, 4) is 0 Å². The van der Waals surface area contributed by atoms with Crippen LogP contribution in [0.4, 0.5) is 0 Å². The lowest BCUT2D eigenvalue weighted by molar-refractivity contribution is 0.0984. The second kappa shape index (κ2) is 5.00. The highest BCUT2D eigenvalue weighted by atomic mass is 16.1. The van der Waals surface area contributed by atoms with Crippen LogP contribution in [0.1, 0.15) is 50.1 Å². The quantitative estimate of drug-likeness (QED) is 0.753. The maximum absolute atomic E-state index is 11.5. The standard InChI is InChI=1S/C13H21N3O/c1-10(2)15-8-4-5-12(9-15)16-13(11(3)17)6-7-14-16/h6-7,10,12H,4-5,8-9H2,1-3H3. The Balaban J connectivity index is 2.16. The number of piperidine rings is 1. The van der Waals surface area contributed by atoms with Crippen LogP contribution >= 0.6 is 0 Å². The van der Waals surface area contributed by atoms with Crippen molar-refractivity contribution in [1.29, 1.82) is 0 Å². The molecule has 94 valence electrons. The lowest BCUT2D eigenvalue weighted by Gasteiger charge is -2.35. The van der Waals surface area contributed by atoms with Gasteiger partial charge in [0.15, 0.2) is 5.78 Å². The van der Waals surface area contributed by atoms with E-state index in [-0.39, 0.29) is 5.78 Å². The molecule has 1 unspecified atom stereocenters. The molecule has 2 heterocycles. The summed E-state index contributed by atoms with van der Waals surface area (Å²) in [6.45, 7) is 8.20. The number of hydrogen-bond donors (Lipinski definition) is 0. The molecule has 1 aliphatic rings. The first-order valence-electron chi connectivity index (χ1n) is 6.38. The maximum Gasteiger partial charge on any atom is 0.177 e. The maximum atomic E-state index is 11.5. The zero-order valence-corrected chi connectivity index (χ0v) is 10.9. The lowest BCUT2D eigenvalue weighted by Crippen LogP contribution is -2.41. The minimum Gasteiger partial charge on any atom is -0.299 e. The summed E-state index contributed by atoms with van der Waals surface area (Å²) in [6, 6.07) is 2.73. The van der Waals surface area contributed by atoms with Crippen molar-refractivity contribution in [3.63, 3.8) is 0 Å². The van der Waals surface area contributed by atoms with Crippen molar-refractivity contribution in [2.45, 2.75) is 45.7 Å². The second-order valence-corrected chi connectivity index (χ2v) is 5.10. The van der Waals surface area contributed by atoms with Gasteiger partial charge in [0.1, 0.15) is 5.69 Å². The van der Waals surface area contributed by atoms with E-state index in [4.69, 9.17) is 0 Å². The summed E-state index contributed by atoms with van der Waals surface area (Å²) in [7, 11) is 0. The summed E-state index contributed by atoms with van der Waals surface area (Å²) in [5.74, 6) is 0.101. The molecular formula is C13H21N3O. The number of hydrogen-bond acceptors (Lipinski definition) is 3. The number of Topliss-reactive ketones (excluding diaryl/α,β-unsaturated/α-hetero) is 1. The highest BCUT2D eigenvalue weighted by Crippen LogP contribution is 2.23. The third-order valence-corrected chi connectivity index (χ3v) is 3.54. The van der Waals surface area contributed by atoms with Crippen molar-refractivity contribution in [1.82, 2.24) is 14.7 Å². The van der Waals surface area contributed by atoms with Gasteiger partial charge in [-0.05, 0) is 39.3 Å². The van der Waals surface area contributed by atoms with Gasteiger partial charge in [-0.2, -0.15) is 5.10 Å². The zero-order chi connectivity index (χ0) is 12.4. The summed E-state index contributed by atoms with van der Waals surface area (Å²) in [4.78, 5) is 14.0. The third-order valence-electron chi connectivity index (χ3n) is 3.54. The van der Waals surface area contributed by atoms with Gasteiger partial charge in [0.2, 0.25) is 0 Å². The molecule has 0 bridgehead atoms. The molecule has 1 atom stereocenters. The molecule has 1 aromatic rings. The number of carbonyl (C=O) groups is 1. The molecule has 0 N–H and O–H groups in total. The molecule has 1 fully saturated rings. The summed E-state index contributed by atoms with van der Waals surface area (Å²) in [5.41, 5.74) is 0.737. The molecule has 1 aliphatic heterocycles. The van der Waals surface area contributed by atoms with Crippen LogP contribution in [0.25, 0.3) is 0 Å². The van der Waals surface area contributed by atoms with Crippen LogP contribution in [0.2, 0.25) is 0 Å². The molecule has 2 rings (SSSR count). The minimum atomic E-state index is 0.101. The first-order chi connectivity index (χ1) is 8.09. The zero-order valence-electron chi connectivity index (χ0n) is 10.9. The Kier molecular flexibility index (Phi) is 3.62. The van der Waals surface area contributed by atoms with E-state index in [0.29, 0.717) is 12.1 Å². The van der Waals surface area contributed by atoms with E-state index in [9.17, 15) is 4.79 Å². The number of likely N-dealkylation sites (tertiary alicyclic amines) is 1. The Morgan fingerprint density at radius 3 is 2.94 bits per heavy atom. The van der Waals surface area contributed by atoms with Gasteiger partial charge in [-0.3, -0.25) is 14.4 Å². The van der Waals surface area contributed by atoms with Crippen LogP contribution in [-0.2, 0) is 0 Å². The SMILES string of the molecule is CC(=O)c1ccnn1C1CCCN(C(C)C)C1. The van der Waals surface area contributed by atoms with E-state index >= 15 is 0 Å². The first kappa shape index (κ1) is 12.3. The van der Waals surface area contributed by atoms with Gasteiger partial charge in [-0.15, -0.1) is 0 Å². The van der Waals surface area contributed by atoms with E-state index in [1.807, 2.05) is 10.7 Å². The topological polar surface area (TPSA) is 38.1 Å². The fourth-order valence-corrected chi connectivity index (χ4v) is 2.54. The van der Waals surface area contributed by atoms with Gasteiger partial charge in [0, 0.05) is 25.7 Å². The number of nitrogens with zero attached hydrogens (tertiary/aromatic N) is 3. The smallest absolute Gasteiger partial charge is 0.177 e. The Bertz CT molecular complexity index is 397. The molecule has 0 saturated carbocycles. The molecule has 1 aromatic heterocycles. The van der Waals surface area contributed by atoms with Crippen LogP contribution in [-0.4, -0.2) is 39.6 Å². The Labute approximate surface area is 103 Å². The number of aromatic nitrogens is 2. The average Bonchev–Trinajstić information content (AvgIpc) is 2.78. The minimum absolute atomic E-state index is 0.101. The van der Waals surface area contributed by atoms with Crippen molar-refractivity contribution in [3.05, 3.63) is 18.0 Å². The molecule has 0 radical (unpaired) electrons. The molecule has 1 saturated heterocycles. The monoisotopic (exact) mass is 235 g/mol. The lowest BCUT2D eigenvalue weighted by atomic mass is 10.0. The van der Waals surface area contributed by atoms with E-state index in [1.54, 1.807) is 13.1 Å². The highest BCUT2D eigenvalue weighted by molar-refractivity contribution is 5.92. The molecule has 0 aromatic carbocycles. The van der Waals surface area contributed by atoms with Crippen molar-refractivity contribution in [2.24, 2.45) is 0 Å². The molecule has 4 heteroatoms.